The van der Waals surface area contributed by atoms with E-state index in [-0.39, 0.29) is 36.0 Å². The van der Waals surface area contributed by atoms with Crippen LogP contribution in [0, 0.1) is 17.2 Å². The van der Waals surface area contributed by atoms with E-state index < -0.39 is 7.37 Å². The van der Waals surface area contributed by atoms with Gasteiger partial charge < -0.3 is 19.1 Å². The van der Waals surface area contributed by atoms with E-state index in [0.717, 1.165) is 35.1 Å². The topological polar surface area (TPSA) is 77.9 Å². The van der Waals surface area contributed by atoms with Crippen LogP contribution in [0.2, 0.25) is 0 Å². The van der Waals surface area contributed by atoms with Gasteiger partial charge in [0, 0.05) is 37.8 Å². The summed E-state index contributed by atoms with van der Waals surface area (Å²) in [5, 5.41) is 0. The lowest BCUT2D eigenvalue weighted by Crippen LogP contribution is -2.21. The third kappa shape index (κ3) is 7.47. The lowest BCUT2D eigenvalue weighted by Gasteiger charge is -2.32. The van der Waals surface area contributed by atoms with Crippen LogP contribution < -0.4 is 9.47 Å². The molecular weight excluding hydrogens is 516 g/mol. The Kier molecular flexibility index (Phi) is 8.85. The van der Waals surface area contributed by atoms with Crippen molar-refractivity contribution in [3.63, 3.8) is 0 Å². The van der Waals surface area contributed by atoms with Gasteiger partial charge in [0.15, 0.2) is 7.37 Å². The van der Waals surface area contributed by atoms with Crippen molar-refractivity contribution in [2.75, 3.05) is 27.0 Å². The number of ether oxygens (including phenoxy) is 3. The molecule has 0 spiro atoms. The van der Waals surface area contributed by atoms with E-state index in [1.807, 2.05) is 30.3 Å². The van der Waals surface area contributed by atoms with Crippen LogP contribution in [0.15, 0.2) is 54.7 Å². The van der Waals surface area contributed by atoms with Crippen LogP contribution in [0.25, 0.3) is 11.1 Å². The third-order valence-electron chi connectivity index (χ3n) is 7.18. The monoisotopic (exact) mass is 555 g/mol. The maximum absolute atomic E-state index is 15.0. The highest BCUT2D eigenvalue weighted by Gasteiger charge is 2.35. The van der Waals surface area contributed by atoms with Crippen LogP contribution in [0.4, 0.5) is 4.39 Å². The zero-order valence-electron chi connectivity index (χ0n) is 23.6. The standard InChI is InChI=1S/C31H39FNO5P/c1-31(2,3)30(37-5)26-15-20(7-11-24(26)25-17-23(36-4)10-12-28(25)32)18-38-29-16-22(13-14-33-29)27(21-8-9-21)19-39(6,34)35/h7,10-17,21,27,30H,8-9,18-19H2,1-6H3,(H,34,35)/t27-,30?/m0/s1. The summed E-state index contributed by atoms with van der Waals surface area (Å²) in [6.07, 6.45) is 3.79. The largest absolute Gasteiger partial charge is 0.497 e. The number of halogens is 1. The molecule has 2 unspecified atom stereocenters. The molecule has 3 atom stereocenters. The van der Waals surface area contributed by atoms with Gasteiger partial charge in [0.05, 0.1) is 13.2 Å². The molecule has 39 heavy (non-hydrogen) atoms. The first-order valence-electron chi connectivity index (χ1n) is 13.3. The van der Waals surface area contributed by atoms with Gasteiger partial charge in [0.2, 0.25) is 5.88 Å². The molecule has 1 aliphatic carbocycles. The fourth-order valence-corrected chi connectivity index (χ4v) is 6.47. The molecule has 0 aliphatic heterocycles. The highest BCUT2D eigenvalue weighted by Crippen LogP contribution is 2.50. The molecule has 1 fully saturated rings. The van der Waals surface area contributed by atoms with Crippen LogP contribution in [0.5, 0.6) is 11.6 Å². The molecule has 2 aromatic carbocycles. The number of methoxy groups -OCH3 is 2. The predicted molar refractivity (Wildman–Crippen MR) is 152 cm³/mol. The van der Waals surface area contributed by atoms with Crippen molar-refractivity contribution in [3.05, 3.63) is 77.2 Å². The Hall–Kier alpha value is -2.73. The minimum Gasteiger partial charge on any atom is -0.497 e. The number of aromatic nitrogens is 1. The summed E-state index contributed by atoms with van der Waals surface area (Å²) in [5.41, 5.74) is 3.66. The average Bonchev–Trinajstić information content (AvgIpc) is 3.71. The van der Waals surface area contributed by atoms with Crippen LogP contribution >= 0.6 is 7.37 Å². The Morgan fingerprint density at radius 1 is 1.08 bits per heavy atom. The minimum absolute atomic E-state index is 0.0223. The molecule has 4 rings (SSSR count). The molecule has 1 saturated carbocycles. The molecular formula is C31H39FNO5P. The molecule has 1 N–H and O–H groups in total. The second-order valence-electron chi connectivity index (χ2n) is 11.6. The SMILES string of the molecule is COc1ccc(F)c(-c2ccc(COc3cc([C@@H](CP(C)(=O)O)C4CC4)ccn3)cc2C(OC)C(C)(C)C)c1. The molecule has 6 nitrogen and oxygen atoms in total. The van der Waals surface area contributed by atoms with E-state index in [4.69, 9.17) is 14.2 Å². The molecule has 0 saturated heterocycles. The van der Waals surface area contributed by atoms with E-state index in [0.29, 0.717) is 23.1 Å². The zero-order valence-corrected chi connectivity index (χ0v) is 24.5. The summed E-state index contributed by atoms with van der Waals surface area (Å²) >= 11 is 0. The first-order valence-corrected chi connectivity index (χ1v) is 15.6. The van der Waals surface area contributed by atoms with Gasteiger partial charge in [-0.25, -0.2) is 9.37 Å². The minimum atomic E-state index is -3.16. The molecule has 1 aliphatic rings. The summed E-state index contributed by atoms with van der Waals surface area (Å²) in [6, 6.07) is 14.3. The van der Waals surface area contributed by atoms with Gasteiger partial charge in [-0.1, -0.05) is 32.9 Å². The van der Waals surface area contributed by atoms with Gasteiger partial charge in [-0.2, -0.15) is 0 Å². The number of rotatable bonds is 11. The number of nitrogens with zero attached hydrogens (tertiary/aromatic N) is 1. The maximum atomic E-state index is 15.0. The molecule has 0 bridgehead atoms. The van der Waals surface area contributed by atoms with Crippen molar-refractivity contribution < 1.29 is 28.1 Å². The Morgan fingerprint density at radius 3 is 2.44 bits per heavy atom. The van der Waals surface area contributed by atoms with E-state index in [9.17, 15) is 9.46 Å². The first-order chi connectivity index (χ1) is 18.4. The lowest BCUT2D eigenvalue weighted by molar-refractivity contribution is 0.0155. The summed E-state index contributed by atoms with van der Waals surface area (Å²) in [7, 11) is 0.0680. The smallest absolute Gasteiger partial charge is 0.213 e. The van der Waals surface area contributed by atoms with Gasteiger partial charge in [-0.15, -0.1) is 0 Å². The maximum Gasteiger partial charge on any atom is 0.213 e. The zero-order chi connectivity index (χ0) is 28.4. The fourth-order valence-electron chi connectivity index (χ4n) is 5.23. The molecule has 8 heteroatoms. The Morgan fingerprint density at radius 2 is 1.82 bits per heavy atom. The normalized spacial score (nSPS) is 16.8. The van der Waals surface area contributed by atoms with Gasteiger partial charge in [0.25, 0.3) is 0 Å². The summed E-state index contributed by atoms with van der Waals surface area (Å²) < 4.78 is 44.6. The number of hydrogen-bond acceptors (Lipinski definition) is 5. The van der Waals surface area contributed by atoms with Gasteiger partial charge in [0.1, 0.15) is 18.2 Å². The molecule has 1 heterocycles. The van der Waals surface area contributed by atoms with Crippen molar-refractivity contribution >= 4 is 7.37 Å². The Labute approximate surface area is 231 Å². The highest BCUT2D eigenvalue weighted by atomic mass is 31.2. The molecule has 0 amide bonds. The van der Waals surface area contributed by atoms with Crippen molar-refractivity contribution in [2.45, 2.75) is 52.2 Å². The molecule has 1 aromatic heterocycles. The van der Waals surface area contributed by atoms with E-state index in [2.05, 4.69) is 25.8 Å². The van der Waals surface area contributed by atoms with Crippen molar-refractivity contribution in [3.8, 4) is 22.8 Å². The van der Waals surface area contributed by atoms with Gasteiger partial charge in [-0.3, -0.25) is 4.57 Å². The van der Waals surface area contributed by atoms with Crippen LogP contribution in [-0.4, -0.2) is 36.9 Å². The molecule has 3 aromatic rings. The summed E-state index contributed by atoms with van der Waals surface area (Å²) in [4.78, 5) is 14.4. The van der Waals surface area contributed by atoms with Crippen LogP contribution in [0.1, 0.15) is 62.3 Å². The number of benzene rings is 2. The van der Waals surface area contributed by atoms with E-state index in [1.54, 1.807) is 32.5 Å². The second kappa shape index (κ2) is 11.8. The Balaban J connectivity index is 1.64. The van der Waals surface area contributed by atoms with Crippen LogP contribution in [-0.2, 0) is 15.9 Å². The lowest BCUT2D eigenvalue weighted by atomic mass is 9.81. The number of pyridine rings is 1. The van der Waals surface area contributed by atoms with Gasteiger partial charge >= 0.3 is 0 Å². The van der Waals surface area contributed by atoms with Gasteiger partial charge in [-0.05, 0) is 82.7 Å². The van der Waals surface area contributed by atoms with Crippen molar-refractivity contribution in [1.82, 2.24) is 4.98 Å². The van der Waals surface area contributed by atoms with Crippen LogP contribution in [0.3, 0.4) is 0 Å². The fraction of sp³-hybridized carbons (Fsp3) is 0.452. The summed E-state index contributed by atoms with van der Waals surface area (Å²) in [6.45, 7) is 7.94. The molecule has 0 radical (unpaired) electrons. The van der Waals surface area contributed by atoms with E-state index >= 15 is 4.39 Å². The Bertz CT molecular complexity index is 1350. The van der Waals surface area contributed by atoms with E-state index in [1.165, 1.54) is 12.7 Å². The summed E-state index contributed by atoms with van der Waals surface area (Å²) in [5.74, 6) is 1.15. The molecule has 210 valence electrons. The number of hydrogen-bond donors (Lipinski definition) is 1. The highest BCUT2D eigenvalue weighted by molar-refractivity contribution is 7.57. The first kappa shape index (κ1) is 29.3. The predicted octanol–water partition coefficient (Wildman–Crippen LogP) is 7.60. The van der Waals surface area contributed by atoms with Crippen molar-refractivity contribution in [2.24, 2.45) is 11.3 Å². The quantitative estimate of drug-likeness (QED) is 0.246. The van der Waals surface area contributed by atoms with Crippen molar-refractivity contribution in [1.29, 1.82) is 0 Å². The second-order valence-corrected chi connectivity index (χ2v) is 14.1. The average molecular weight is 556 g/mol. The third-order valence-corrected chi connectivity index (χ3v) is 8.26.